The summed E-state index contributed by atoms with van der Waals surface area (Å²) in [7, 11) is 1.45. The predicted octanol–water partition coefficient (Wildman–Crippen LogP) is -0.702. The Labute approximate surface area is 128 Å². The van der Waals surface area contributed by atoms with Gasteiger partial charge in [0.25, 0.3) is 11.8 Å². The van der Waals surface area contributed by atoms with Crippen LogP contribution in [-0.4, -0.2) is 60.3 Å². The summed E-state index contributed by atoms with van der Waals surface area (Å²) in [5.41, 5.74) is 2.37. The van der Waals surface area contributed by atoms with Crippen LogP contribution in [0.15, 0.2) is 0 Å². The normalized spacial score (nSPS) is 22.7. The third kappa shape index (κ3) is 3.37. The van der Waals surface area contributed by atoms with Crippen molar-refractivity contribution < 1.29 is 23.9 Å². The lowest BCUT2D eigenvalue weighted by molar-refractivity contribution is -0.151. The van der Waals surface area contributed by atoms with Crippen molar-refractivity contribution in [2.45, 2.75) is 26.2 Å². The van der Waals surface area contributed by atoms with Crippen LogP contribution in [0, 0.1) is 11.8 Å². The van der Waals surface area contributed by atoms with Gasteiger partial charge >= 0.3 is 5.97 Å². The molecule has 0 spiro atoms. The third-order valence-corrected chi connectivity index (χ3v) is 4.07. The molecule has 2 rings (SSSR count). The molecule has 0 aromatic carbocycles. The number of hydrogen-bond donors (Lipinski definition) is 1. The minimum atomic E-state index is -0.944. The van der Waals surface area contributed by atoms with Crippen molar-refractivity contribution in [2.24, 2.45) is 11.8 Å². The maximum Gasteiger partial charge on any atom is 0.309 e. The van der Waals surface area contributed by atoms with Crippen molar-refractivity contribution in [3.8, 4) is 0 Å². The molecular formula is C14H21N3O5. The summed E-state index contributed by atoms with van der Waals surface area (Å²) < 4.78 is 4.98. The highest BCUT2D eigenvalue weighted by Gasteiger charge is 2.40. The molecule has 3 amide bonds. The first-order chi connectivity index (χ1) is 10.4. The van der Waals surface area contributed by atoms with E-state index in [0.717, 1.165) is 5.01 Å². The minimum absolute atomic E-state index is 0.126. The Bertz CT molecular complexity index is 485. The van der Waals surface area contributed by atoms with E-state index in [2.05, 4.69) is 5.43 Å². The molecule has 2 aliphatic heterocycles. The quantitative estimate of drug-likeness (QED) is 0.547. The molecule has 2 heterocycles. The van der Waals surface area contributed by atoms with Gasteiger partial charge in [0, 0.05) is 26.6 Å². The van der Waals surface area contributed by atoms with E-state index in [9.17, 15) is 19.2 Å². The van der Waals surface area contributed by atoms with Crippen LogP contribution in [-0.2, 0) is 23.9 Å². The van der Waals surface area contributed by atoms with E-state index in [1.165, 1.54) is 7.05 Å². The van der Waals surface area contributed by atoms with Gasteiger partial charge < -0.3 is 9.64 Å². The second-order valence-corrected chi connectivity index (χ2v) is 5.54. The summed E-state index contributed by atoms with van der Waals surface area (Å²) in [6.07, 6.45) is 0.976. The van der Waals surface area contributed by atoms with Crippen LogP contribution in [0.4, 0.5) is 0 Å². The summed E-state index contributed by atoms with van der Waals surface area (Å²) in [6, 6.07) is 0. The first kappa shape index (κ1) is 16.3. The fourth-order valence-electron chi connectivity index (χ4n) is 2.75. The molecule has 8 heteroatoms. The first-order valence-electron chi connectivity index (χ1n) is 7.46. The Hall–Kier alpha value is -2.12. The molecule has 1 unspecified atom stereocenters. The van der Waals surface area contributed by atoms with E-state index in [0.29, 0.717) is 32.5 Å². The largest absolute Gasteiger partial charge is 0.466 e. The number of hydrogen-bond acceptors (Lipinski definition) is 5. The van der Waals surface area contributed by atoms with Crippen molar-refractivity contribution >= 4 is 23.7 Å². The Morgan fingerprint density at radius 3 is 2.41 bits per heavy atom. The summed E-state index contributed by atoms with van der Waals surface area (Å²) >= 11 is 0. The van der Waals surface area contributed by atoms with Gasteiger partial charge in [0.2, 0.25) is 5.91 Å². The van der Waals surface area contributed by atoms with Crippen LogP contribution in [0.25, 0.3) is 0 Å². The van der Waals surface area contributed by atoms with Crippen molar-refractivity contribution in [2.75, 3.05) is 26.7 Å². The molecule has 8 nitrogen and oxygen atoms in total. The second kappa shape index (κ2) is 6.76. The van der Waals surface area contributed by atoms with Gasteiger partial charge in [-0.15, -0.1) is 0 Å². The number of amides is 3. The number of esters is 1. The number of nitrogens with one attached hydrogen (secondary N) is 1. The molecule has 0 radical (unpaired) electrons. The molecule has 0 bridgehead atoms. The second-order valence-electron chi connectivity index (χ2n) is 5.54. The highest BCUT2D eigenvalue weighted by Crippen LogP contribution is 2.21. The van der Waals surface area contributed by atoms with Crippen LogP contribution in [0.2, 0.25) is 0 Å². The lowest BCUT2D eigenvalue weighted by Gasteiger charge is -2.31. The van der Waals surface area contributed by atoms with Gasteiger partial charge in [-0.2, -0.15) is 0 Å². The number of rotatable bonds is 4. The lowest BCUT2D eigenvalue weighted by Crippen LogP contribution is -2.42. The molecule has 122 valence electrons. The standard InChI is InChI=1S/C14H21N3O5/c1-3-22-14(21)9-4-6-17(7-5-9)11(18)8-10-12(19)15-16(2)13(10)20/h9-10H,3-8H2,1-2H3,(H,15,19). The van der Waals surface area contributed by atoms with Gasteiger partial charge in [0.1, 0.15) is 5.92 Å². The number of carbonyl (C=O) groups is 4. The Balaban J connectivity index is 1.84. The van der Waals surface area contributed by atoms with E-state index in [-0.39, 0.29) is 30.1 Å². The molecule has 2 saturated heterocycles. The number of nitrogens with zero attached hydrogens (tertiary/aromatic N) is 2. The van der Waals surface area contributed by atoms with Crippen molar-refractivity contribution in [3.05, 3.63) is 0 Å². The third-order valence-electron chi connectivity index (χ3n) is 4.07. The molecule has 0 aromatic rings. The fraction of sp³-hybridized carbons (Fsp3) is 0.714. The van der Waals surface area contributed by atoms with Gasteiger partial charge in [0.05, 0.1) is 12.5 Å². The number of carbonyl (C=O) groups excluding carboxylic acids is 4. The fourth-order valence-corrected chi connectivity index (χ4v) is 2.75. The van der Waals surface area contributed by atoms with E-state index in [4.69, 9.17) is 4.74 Å². The minimum Gasteiger partial charge on any atom is -0.466 e. The number of piperidine rings is 1. The lowest BCUT2D eigenvalue weighted by atomic mass is 9.96. The van der Waals surface area contributed by atoms with Gasteiger partial charge in [-0.25, -0.2) is 0 Å². The Morgan fingerprint density at radius 1 is 1.27 bits per heavy atom. The number of hydrazine groups is 1. The first-order valence-corrected chi connectivity index (χ1v) is 7.46. The van der Waals surface area contributed by atoms with E-state index in [1.807, 2.05) is 0 Å². The van der Waals surface area contributed by atoms with Crippen LogP contribution in [0.3, 0.4) is 0 Å². The van der Waals surface area contributed by atoms with E-state index in [1.54, 1.807) is 11.8 Å². The van der Waals surface area contributed by atoms with Crippen LogP contribution in [0.1, 0.15) is 26.2 Å². The molecule has 1 atom stereocenters. The highest BCUT2D eigenvalue weighted by atomic mass is 16.5. The topological polar surface area (TPSA) is 96.0 Å². The van der Waals surface area contributed by atoms with Crippen molar-refractivity contribution in [1.82, 2.24) is 15.3 Å². The zero-order valence-electron chi connectivity index (χ0n) is 12.8. The maximum atomic E-state index is 12.2. The summed E-state index contributed by atoms with van der Waals surface area (Å²) in [5, 5.41) is 1.10. The molecule has 0 aromatic heterocycles. The molecule has 0 saturated carbocycles. The molecular weight excluding hydrogens is 290 g/mol. The zero-order valence-corrected chi connectivity index (χ0v) is 12.8. The Morgan fingerprint density at radius 2 is 1.91 bits per heavy atom. The monoisotopic (exact) mass is 311 g/mol. The average Bonchev–Trinajstić information content (AvgIpc) is 2.74. The maximum absolute atomic E-state index is 12.2. The average molecular weight is 311 g/mol. The number of ether oxygens (including phenoxy) is 1. The zero-order chi connectivity index (χ0) is 16.3. The van der Waals surface area contributed by atoms with Crippen LogP contribution >= 0.6 is 0 Å². The van der Waals surface area contributed by atoms with Crippen molar-refractivity contribution in [1.29, 1.82) is 0 Å². The van der Waals surface area contributed by atoms with Gasteiger partial charge in [-0.1, -0.05) is 0 Å². The summed E-state index contributed by atoms with van der Waals surface area (Å²) in [5.74, 6) is -2.40. The molecule has 1 N–H and O–H groups in total. The molecule has 2 fully saturated rings. The summed E-state index contributed by atoms with van der Waals surface area (Å²) in [6.45, 7) is 3.00. The van der Waals surface area contributed by atoms with E-state index < -0.39 is 11.8 Å². The SMILES string of the molecule is CCOC(=O)C1CCN(C(=O)CC2C(=O)NN(C)C2=O)CC1. The Kier molecular flexibility index (Phi) is 4.99. The predicted molar refractivity (Wildman–Crippen MR) is 75.0 cm³/mol. The molecule has 0 aliphatic carbocycles. The molecule has 2 aliphatic rings. The van der Waals surface area contributed by atoms with Gasteiger partial charge in [-0.05, 0) is 19.8 Å². The highest BCUT2D eigenvalue weighted by molar-refractivity contribution is 6.07. The molecule has 22 heavy (non-hydrogen) atoms. The van der Waals surface area contributed by atoms with Gasteiger partial charge in [-0.3, -0.25) is 29.6 Å². The number of likely N-dealkylation sites (tertiary alicyclic amines) is 1. The van der Waals surface area contributed by atoms with Gasteiger partial charge in [0.15, 0.2) is 0 Å². The van der Waals surface area contributed by atoms with Crippen molar-refractivity contribution in [3.63, 3.8) is 0 Å². The van der Waals surface area contributed by atoms with Crippen LogP contribution < -0.4 is 5.43 Å². The smallest absolute Gasteiger partial charge is 0.309 e. The van der Waals surface area contributed by atoms with Crippen LogP contribution in [0.5, 0.6) is 0 Å². The summed E-state index contributed by atoms with van der Waals surface area (Å²) in [4.78, 5) is 48.8. The van der Waals surface area contributed by atoms with E-state index >= 15 is 0 Å².